The van der Waals surface area contributed by atoms with Gasteiger partial charge in [-0.3, -0.25) is 0 Å². The van der Waals surface area contributed by atoms with Crippen LogP contribution in [0, 0.1) is 0 Å². The first-order valence-electron chi connectivity index (χ1n) is 6.43. The summed E-state index contributed by atoms with van der Waals surface area (Å²) in [6, 6.07) is 0.561. The molecule has 5 nitrogen and oxygen atoms in total. The van der Waals surface area contributed by atoms with Crippen LogP contribution in [0.3, 0.4) is 0 Å². The van der Waals surface area contributed by atoms with Crippen LogP contribution >= 0.6 is 0 Å². The lowest BCUT2D eigenvalue weighted by molar-refractivity contribution is 0.182. The van der Waals surface area contributed by atoms with Crippen molar-refractivity contribution in [2.45, 2.75) is 32.2 Å². The summed E-state index contributed by atoms with van der Waals surface area (Å²) in [5, 5.41) is 3.24. The Morgan fingerprint density at radius 3 is 2.76 bits per heavy atom. The van der Waals surface area contributed by atoms with Crippen LogP contribution in [0.1, 0.15) is 26.2 Å². The Morgan fingerprint density at radius 2 is 2.12 bits per heavy atom. The van der Waals surface area contributed by atoms with Crippen molar-refractivity contribution in [1.82, 2.24) is 14.9 Å². The predicted molar refractivity (Wildman–Crippen MR) is 70.6 cm³/mol. The number of nitrogens with zero attached hydrogens (tertiary/aromatic N) is 1. The average molecular weight is 263 g/mol. The third kappa shape index (κ3) is 5.81. The second kappa shape index (κ2) is 7.31. The second-order valence-corrected chi connectivity index (χ2v) is 6.58. The summed E-state index contributed by atoms with van der Waals surface area (Å²) in [5.41, 5.74) is 0. The number of hydrogen-bond donors (Lipinski definition) is 2. The summed E-state index contributed by atoms with van der Waals surface area (Å²) in [7, 11) is -0.934. The molecule has 1 aliphatic heterocycles. The maximum absolute atomic E-state index is 11.4. The van der Waals surface area contributed by atoms with E-state index in [1.54, 1.807) is 6.92 Å². The van der Waals surface area contributed by atoms with E-state index in [9.17, 15) is 8.42 Å². The summed E-state index contributed by atoms with van der Waals surface area (Å²) < 4.78 is 25.3. The number of hydrogen-bond acceptors (Lipinski definition) is 4. The lowest BCUT2D eigenvalue weighted by atomic mass is 10.0. The molecular formula is C11H25N3O2S. The largest absolute Gasteiger partial charge is 0.314 e. The molecule has 1 heterocycles. The lowest BCUT2D eigenvalue weighted by Gasteiger charge is -2.32. The van der Waals surface area contributed by atoms with Crippen LogP contribution in [-0.2, 0) is 10.0 Å². The van der Waals surface area contributed by atoms with Crippen molar-refractivity contribution in [3.8, 4) is 0 Å². The molecule has 102 valence electrons. The summed E-state index contributed by atoms with van der Waals surface area (Å²) in [6.45, 7) is 4.83. The molecule has 0 bridgehead atoms. The fourth-order valence-corrected chi connectivity index (χ4v) is 3.17. The van der Waals surface area contributed by atoms with Crippen LogP contribution < -0.4 is 10.0 Å². The van der Waals surface area contributed by atoms with Crippen LogP contribution in [0.4, 0.5) is 0 Å². The van der Waals surface area contributed by atoms with Crippen molar-refractivity contribution in [2.75, 3.05) is 39.0 Å². The molecule has 1 fully saturated rings. The Hall–Kier alpha value is -0.170. The van der Waals surface area contributed by atoms with Gasteiger partial charge >= 0.3 is 0 Å². The van der Waals surface area contributed by atoms with Gasteiger partial charge < -0.3 is 10.2 Å². The Morgan fingerprint density at radius 1 is 1.35 bits per heavy atom. The van der Waals surface area contributed by atoms with Gasteiger partial charge in [-0.1, -0.05) is 13.3 Å². The summed E-state index contributed by atoms with van der Waals surface area (Å²) in [4.78, 5) is 2.36. The summed E-state index contributed by atoms with van der Waals surface area (Å²) in [5.74, 6) is 0.164. The number of likely N-dealkylation sites (N-methyl/N-ethyl adjacent to an activating group) is 1. The van der Waals surface area contributed by atoms with E-state index in [-0.39, 0.29) is 5.75 Å². The molecule has 6 heteroatoms. The van der Waals surface area contributed by atoms with Crippen molar-refractivity contribution < 1.29 is 8.42 Å². The number of sulfonamides is 1. The van der Waals surface area contributed by atoms with Gasteiger partial charge in [0.1, 0.15) is 0 Å². The van der Waals surface area contributed by atoms with E-state index in [1.807, 2.05) is 0 Å². The Bertz CT molecular complexity index is 306. The van der Waals surface area contributed by atoms with Gasteiger partial charge in [0, 0.05) is 25.7 Å². The molecule has 2 N–H and O–H groups in total. The highest BCUT2D eigenvalue weighted by molar-refractivity contribution is 7.89. The first kappa shape index (κ1) is 14.9. The van der Waals surface area contributed by atoms with Crippen LogP contribution in [0.2, 0.25) is 0 Å². The zero-order valence-electron chi connectivity index (χ0n) is 10.9. The van der Waals surface area contributed by atoms with Crippen molar-refractivity contribution in [2.24, 2.45) is 0 Å². The van der Waals surface area contributed by atoms with E-state index in [0.29, 0.717) is 19.1 Å². The fourth-order valence-electron chi connectivity index (χ4n) is 2.17. The molecular weight excluding hydrogens is 238 g/mol. The highest BCUT2D eigenvalue weighted by Gasteiger charge is 2.18. The monoisotopic (exact) mass is 263 g/mol. The maximum Gasteiger partial charge on any atom is 0.212 e. The van der Waals surface area contributed by atoms with Gasteiger partial charge in [-0.2, -0.15) is 0 Å². The van der Waals surface area contributed by atoms with Gasteiger partial charge in [0.05, 0.1) is 5.75 Å². The van der Waals surface area contributed by atoms with Crippen molar-refractivity contribution in [1.29, 1.82) is 0 Å². The highest BCUT2D eigenvalue weighted by atomic mass is 32.2. The van der Waals surface area contributed by atoms with Gasteiger partial charge in [-0.05, 0) is 26.4 Å². The normalized spacial score (nSPS) is 22.8. The van der Waals surface area contributed by atoms with Crippen molar-refractivity contribution in [3.63, 3.8) is 0 Å². The fraction of sp³-hybridized carbons (Fsp3) is 1.00. The van der Waals surface area contributed by atoms with Crippen molar-refractivity contribution >= 4 is 10.0 Å². The smallest absolute Gasteiger partial charge is 0.212 e. The summed E-state index contributed by atoms with van der Waals surface area (Å²) >= 11 is 0. The molecule has 0 aromatic heterocycles. The van der Waals surface area contributed by atoms with Gasteiger partial charge in [-0.25, -0.2) is 13.1 Å². The average Bonchev–Trinajstić information content (AvgIpc) is 2.26. The molecule has 1 saturated heterocycles. The Balaban J connectivity index is 2.15. The van der Waals surface area contributed by atoms with Gasteiger partial charge in [0.2, 0.25) is 10.0 Å². The van der Waals surface area contributed by atoms with Crippen LogP contribution in [0.25, 0.3) is 0 Å². The molecule has 0 saturated carbocycles. The molecule has 0 spiro atoms. The van der Waals surface area contributed by atoms with Gasteiger partial charge in [-0.15, -0.1) is 0 Å². The number of nitrogens with one attached hydrogen (secondary N) is 2. The maximum atomic E-state index is 11.4. The minimum atomic E-state index is -3.07. The van der Waals surface area contributed by atoms with Gasteiger partial charge in [0.15, 0.2) is 0 Å². The standard InChI is InChI=1S/C11H25N3O2S/c1-3-13-17(15,16)9-7-12-10-11-6-4-5-8-14(11)2/h11-13H,3-10H2,1-2H3. The van der Waals surface area contributed by atoms with Gasteiger partial charge in [0.25, 0.3) is 0 Å². The Kier molecular flexibility index (Phi) is 6.40. The minimum Gasteiger partial charge on any atom is -0.314 e. The van der Waals surface area contributed by atoms with E-state index in [0.717, 1.165) is 13.1 Å². The van der Waals surface area contributed by atoms with Crippen LogP contribution in [0.15, 0.2) is 0 Å². The van der Waals surface area contributed by atoms with E-state index in [2.05, 4.69) is 22.0 Å². The topological polar surface area (TPSA) is 61.4 Å². The van der Waals surface area contributed by atoms with E-state index in [4.69, 9.17) is 0 Å². The van der Waals surface area contributed by atoms with Crippen LogP contribution in [0.5, 0.6) is 0 Å². The van der Waals surface area contributed by atoms with E-state index < -0.39 is 10.0 Å². The molecule has 1 unspecified atom stereocenters. The molecule has 0 aliphatic carbocycles. The van der Waals surface area contributed by atoms with E-state index in [1.165, 1.54) is 19.3 Å². The highest BCUT2D eigenvalue weighted by Crippen LogP contribution is 2.13. The lowest BCUT2D eigenvalue weighted by Crippen LogP contribution is -2.44. The second-order valence-electron chi connectivity index (χ2n) is 4.65. The zero-order valence-corrected chi connectivity index (χ0v) is 11.7. The third-order valence-electron chi connectivity index (χ3n) is 3.21. The first-order valence-corrected chi connectivity index (χ1v) is 8.08. The number of likely N-dealkylation sites (tertiary alicyclic amines) is 1. The van der Waals surface area contributed by atoms with Crippen LogP contribution in [-0.4, -0.2) is 58.3 Å². The predicted octanol–water partition coefficient (Wildman–Crippen LogP) is -0.000400. The molecule has 1 aliphatic rings. The Labute approximate surface area is 105 Å². The SMILES string of the molecule is CCNS(=O)(=O)CCNCC1CCCCN1C. The molecule has 17 heavy (non-hydrogen) atoms. The number of piperidine rings is 1. The molecule has 1 rings (SSSR count). The summed E-state index contributed by atoms with van der Waals surface area (Å²) in [6.07, 6.45) is 3.78. The van der Waals surface area contributed by atoms with Crippen molar-refractivity contribution in [3.05, 3.63) is 0 Å². The number of rotatable bonds is 7. The molecule has 0 aromatic rings. The van der Waals surface area contributed by atoms with E-state index >= 15 is 0 Å². The molecule has 1 atom stereocenters. The quantitative estimate of drug-likeness (QED) is 0.635. The zero-order chi connectivity index (χ0) is 12.7. The molecule has 0 amide bonds. The molecule has 0 aromatic carbocycles. The minimum absolute atomic E-state index is 0.164. The third-order valence-corrected chi connectivity index (χ3v) is 4.68. The molecule has 0 radical (unpaired) electrons. The first-order chi connectivity index (χ1) is 8.05.